The Balaban J connectivity index is 1.61. The molecule has 1 aliphatic carbocycles. The second kappa shape index (κ2) is 6.30. The number of Topliss-reactive ketones (excluding diaryl/α,β-unsaturated/α-hetero) is 2. The number of carbonyl (C=O) groups excluding carboxylic acids is 2. The lowest BCUT2D eigenvalue weighted by molar-refractivity contribution is -0.484. The Labute approximate surface area is 164 Å². The van der Waals surface area contributed by atoms with Gasteiger partial charge in [0.25, 0.3) is 0 Å². The monoisotopic (exact) mass is 391 g/mol. The summed E-state index contributed by atoms with van der Waals surface area (Å²) in [5.41, 5.74) is 1.04. The minimum absolute atomic E-state index is 0.0230. The third kappa shape index (κ3) is 2.68. The van der Waals surface area contributed by atoms with Crippen LogP contribution in [0.3, 0.4) is 0 Å². The Morgan fingerprint density at radius 3 is 2.48 bits per heavy atom. The second-order valence-corrected chi connectivity index (χ2v) is 6.77. The Bertz CT molecular complexity index is 1160. The molecule has 0 saturated carbocycles. The predicted molar refractivity (Wildman–Crippen MR) is 99.1 cm³/mol. The summed E-state index contributed by atoms with van der Waals surface area (Å²) in [6.45, 7) is -0.431. The summed E-state index contributed by atoms with van der Waals surface area (Å²) in [7, 11) is 0. The molecule has 1 atom stereocenters. The Morgan fingerprint density at radius 1 is 1.00 bits per heavy atom. The molecule has 0 amide bonds. The Hall–Kier alpha value is -3.94. The highest BCUT2D eigenvalue weighted by atomic mass is 16.7. The minimum Gasteiger partial charge on any atom is -0.454 e. The molecule has 0 aromatic heterocycles. The van der Waals surface area contributed by atoms with Crippen molar-refractivity contribution in [2.75, 3.05) is 13.3 Å². The van der Waals surface area contributed by atoms with Crippen LogP contribution in [-0.4, -0.2) is 29.8 Å². The molecule has 0 unspecified atom stereocenters. The van der Waals surface area contributed by atoms with E-state index in [0.29, 0.717) is 17.1 Å². The van der Waals surface area contributed by atoms with Gasteiger partial charge in [-0.05, 0) is 24.3 Å². The van der Waals surface area contributed by atoms with E-state index in [1.807, 2.05) is 0 Å². The molecule has 0 radical (unpaired) electrons. The molecule has 8 heteroatoms. The summed E-state index contributed by atoms with van der Waals surface area (Å²) in [5, 5.41) is 11.3. The molecule has 0 saturated heterocycles. The first-order valence-corrected chi connectivity index (χ1v) is 8.87. The van der Waals surface area contributed by atoms with Crippen LogP contribution in [0, 0.1) is 16.0 Å². The number of rotatable bonds is 3. The number of benzene rings is 2. The van der Waals surface area contributed by atoms with Gasteiger partial charge in [0.1, 0.15) is 5.76 Å². The maximum Gasteiger partial charge on any atom is 0.231 e. The van der Waals surface area contributed by atoms with Crippen molar-refractivity contribution in [2.45, 2.75) is 0 Å². The first-order valence-electron chi connectivity index (χ1n) is 8.87. The molecular weight excluding hydrogens is 378 g/mol. The summed E-state index contributed by atoms with van der Waals surface area (Å²) in [4.78, 5) is 36.8. The Kier molecular flexibility index (Phi) is 3.73. The van der Waals surface area contributed by atoms with E-state index in [4.69, 9.17) is 14.2 Å². The molecule has 2 aromatic rings. The molecule has 5 rings (SSSR count). The van der Waals surface area contributed by atoms with Gasteiger partial charge in [0.2, 0.25) is 19.1 Å². The highest BCUT2D eigenvalue weighted by Gasteiger charge is 2.41. The quantitative estimate of drug-likeness (QED) is 0.585. The molecule has 0 fully saturated rings. The van der Waals surface area contributed by atoms with Crippen LogP contribution < -0.4 is 9.47 Å². The SMILES string of the molecule is O=C1C2=C(C(=O)c3ccccc31)[C@H](C[N+](=O)[O-])C=C(c1ccc3c(c1)OCO3)O2. The summed E-state index contributed by atoms with van der Waals surface area (Å²) in [5.74, 6) is -0.596. The standard InChI is InChI=1S/C21H13NO7/c23-19-13-3-1-2-4-14(13)20(24)21-18(19)12(9-22(25)26)8-16(29-21)11-5-6-15-17(7-11)28-10-27-15/h1-8,12H,9-10H2/t12-/m0/s1. The van der Waals surface area contributed by atoms with Gasteiger partial charge in [-0.1, -0.05) is 24.3 Å². The number of ketones is 2. The van der Waals surface area contributed by atoms with Crippen molar-refractivity contribution in [3.8, 4) is 11.5 Å². The third-order valence-electron chi connectivity index (χ3n) is 5.05. The van der Waals surface area contributed by atoms with Gasteiger partial charge in [-0.2, -0.15) is 0 Å². The average molecular weight is 391 g/mol. The molecule has 0 N–H and O–H groups in total. The zero-order valence-electron chi connectivity index (χ0n) is 14.9. The first-order chi connectivity index (χ1) is 14.0. The highest BCUT2D eigenvalue weighted by Crippen LogP contribution is 2.41. The van der Waals surface area contributed by atoms with Crippen molar-refractivity contribution in [3.05, 3.63) is 86.7 Å². The Morgan fingerprint density at radius 2 is 1.72 bits per heavy atom. The van der Waals surface area contributed by atoms with Crippen molar-refractivity contribution in [1.82, 2.24) is 0 Å². The number of ether oxygens (including phenoxy) is 3. The van der Waals surface area contributed by atoms with E-state index in [2.05, 4.69) is 0 Å². The summed E-state index contributed by atoms with van der Waals surface area (Å²) >= 11 is 0. The highest BCUT2D eigenvalue weighted by molar-refractivity contribution is 6.27. The number of hydrogen-bond acceptors (Lipinski definition) is 7. The summed E-state index contributed by atoms with van der Waals surface area (Å²) in [6.07, 6.45) is 1.51. The van der Waals surface area contributed by atoms with Crippen molar-refractivity contribution < 1.29 is 28.7 Å². The van der Waals surface area contributed by atoms with E-state index in [0.717, 1.165) is 0 Å². The molecule has 2 heterocycles. The molecule has 144 valence electrons. The van der Waals surface area contributed by atoms with Crippen LogP contribution in [0.1, 0.15) is 26.3 Å². The van der Waals surface area contributed by atoms with Gasteiger partial charge in [0, 0.05) is 21.6 Å². The van der Waals surface area contributed by atoms with Crippen molar-refractivity contribution in [3.63, 3.8) is 0 Å². The van der Waals surface area contributed by atoms with Crippen LogP contribution in [0.25, 0.3) is 5.76 Å². The van der Waals surface area contributed by atoms with Crippen molar-refractivity contribution in [2.24, 2.45) is 5.92 Å². The summed E-state index contributed by atoms with van der Waals surface area (Å²) in [6, 6.07) is 11.5. The number of allylic oxidation sites excluding steroid dienone is 1. The smallest absolute Gasteiger partial charge is 0.231 e. The van der Waals surface area contributed by atoms with Gasteiger partial charge >= 0.3 is 0 Å². The van der Waals surface area contributed by atoms with Crippen molar-refractivity contribution >= 4 is 17.3 Å². The van der Waals surface area contributed by atoms with E-state index in [1.165, 1.54) is 6.08 Å². The number of nitro groups is 1. The van der Waals surface area contributed by atoms with E-state index in [9.17, 15) is 19.7 Å². The zero-order valence-corrected chi connectivity index (χ0v) is 14.9. The topological polar surface area (TPSA) is 105 Å². The lowest BCUT2D eigenvalue weighted by Crippen LogP contribution is -2.32. The summed E-state index contributed by atoms with van der Waals surface area (Å²) < 4.78 is 16.5. The van der Waals surface area contributed by atoms with Crippen LogP contribution in [0.2, 0.25) is 0 Å². The van der Waals surface area contributed by atoms with Gasteiger partial charge in [-0.3, -0.25) is 19.7 Å². The van der Waals surface area contributed by atoms with Gasteiger partial charge in [0.05, 0.1) is 11.5 Å². The number of hydrogen-bond donors (Lipinski definition) is 0. The van der Waals surface area contributed by atoms with Gasteiger partial charge in [0.15, 0.2) is 23.0 Å². The number of fused-ring (bicyclic) bond motifs is 2. The van der Waals surface area contributed by atoms with Crippen LogP contribution >= 0.6 is 0 Å². The maximum absolute atomic E-state index is 13.0. The fraction of sp³-hybridized carbons (Fsp3) is 0.143. The second-order valence-electron chi connectivity index (χ2n) is 6.77. The van der Waals surface area contributed by atoms with Crippen LogP contribution in [0.4, 0.5) is 0 Å². The molecular formula is C21H13NO7. The van der Waals surface area contributed by atoms with Gasteiger partial charge < -0.3 is 14.2 Å². The average Bonchev–Trinajstić information content (AvgIpc) is 3.19. The van der Waals surface area contributed by atoms with E-state index >= 15 is 0 Å². The molecule has 3 aliphatic rings. The lowest BCUT2D eigenvalue weighted by Gasteiger charge is -2.28. The molecule has 2 aromatic carbocycles. The molecule has 0 bridgehead atoms. The van der Waals surface area contributed by atoms with E-state index < -0.39 is 29.0 Å². The maximum atomic E-state index is 13.0. The molecule has 2 aliphatic heterocycles. The van der Waals surface area contributed by atoms with Crippen molar-refractivity contribution in [1.29, 1.82) is 0 Å². The van der Waals surface area contributed by atoms with Crippen LogP contribution in [0.15, 0.2) is 59.9 Å². The molecule has 8 nitrogen and oxygen atoms in total. The molecule has 29 heavy (non-hydrogen) atoms. The fourth-order valence-corrected chi connectivity index (χ4v) is 3.73. The van der Waals surface area contributed by atoms with Gasteiger partial charge in [-0.25, -0.2) is 0 Å². The first kappa shape index (κ1) is 17.2. The van der Waals surface area contributed by atoms with E-state index in [-0.39, 0.29) is 35.0 Å². The molecule has 0 spiro atoms. The van der Waals surface area contributed by atoms with Crippen LogP contribution in [0.5, 0.6) is 11.5 Å². The predicted octanol–water partition coefficient (Wildman–Crippen LogP) is 3.01. The fourth-order valence-electron chi connectivity index (χ4n) is 3.73. The third-order valence-corrected chi connectivity index (χ3v) is 5.05. The number of carbonyl (C=O) groups is 2. The normalized spacial score (nSPS) is 19.3. The lowest BCUT2D eigenvalue weighted by atomic mass is 9.80. The van der Waals surface area contributed by atoms with Crippen LogP contribution in [-0.2, 0) is 4.74 Å². The zero-order chi connectivity index (χ0) is 20.1. The largest absolute Gasteiger partial charge is 0.454 e. The van der Waals surface area contributed by atoms with E-state index in [1.54, 1.807) is 42.5 Å². The van der Waals surface area contributed by atoms with Gasteiger partial charge in [-0.15, -0.1) is 0 Å². The number of nitrogens with zero attached hydrogens (tertiary/aromatic N) is 1. The minimum atomic E-state index is -0.890.